The summed E-state index contributed by atoms with van der Waals surface area (Å²) in [5.41, 5.74) is 0. The molecule has 0 saturated carbocycles. The Bertz CT molecular complexity index is 400. The molecule has 112 valence electrons. The summed E-state index contributed by atoms with van der Waals surface area (Å²) in [6.07, 6.45) is 2.48. The maximum atomic E-state index is 11.5. The van der Waals surface area contributed by atoms with E-state index in [-0.39, 0.29) is 6.10 Å². The van der Waals surface area contributed by atoms with Gasteiger partial charge in [-0.25, -0.2) is 9.59 Å². The Kier molecular flexibility index (Phi) is 6.41. The Morgan fingerprint density at radius 2 is 1.60 bits per heavy atom. The summed E-state index contributed by atoms with van der Waals surface area (Å²) in [5, 5.41) is 19.3. The van der Waals surface area contributed by atoms with E-state index in [0.717, 1.165) is 12.2 Å². The molecule has 0 aromatic carbocycles. The number of hydrogen-bond acceptors (Lipinski definition) is 6. The van der Waals surface area contributed by atoms with Gasteiger partial charge in [-0.05, 0) is 38.8 Å². The fourth-order valence-corrected chi connectivity index (χ4v) is 1.61. The minimum atomic E-state index is -1.11. The molecular formula is C14H20O6. The smallest absolute Gasteiger partial charge is 0.330 e. The molecule has 1 aliphatic rings. The second-order valence-electron chi connectivity index (χ2n) is 4.74. The van der Waals surface area contributed by atoms with Crippen molar-refractivity contribution in [3.05, 3.63) is 24.3 Å². The fraction of sp³-hybridized carbons (Fsp3) is 0.571. The zero-order valence-corrected chi connectivity index (χ0v) is 11.6. The second-order valence-corrected chi connectivity index (χ2v) is 4.74. The largest absolute Gasteiger partial charge is 0.460 e. The van der Waals surface area contributed by atoms with Crippen molar-refractivity contribution in [3.8, 4) is 0 Å². The van der Waals surface area contributed by atoms with Gasteiger partial charge < -0.3 is 19.7 Å². The zero-order chi connectivity index (χ0) is 15.1. The van der Waals surface area contributed by atoms with Gasteiger partial charge in [-0.2, -0.15) is 0 Å². The molecule has 1 heterocycles. The van der Waals surface area contributed by atoms with E-state index in [2.05, 4.69) is 0 Å². The monoisotopic (exact) mass is 284 g/mol. The third-order valence-corrected chi connectivity index (χ3v) is 2.85. The Labute approximate surface area is 117 Å². The summed E-state index contributed by atoms with van der Waals surface area (Å²) >= 11 is 0. The molecule has 0 aromatic rings. The molecule has 0 fully saturated rings. The van der Waals surface area contributed by atoms with Crippen LogP contribution in [0.1, 0.15) is 26.7 Å². The van der Waals surface area contributed by atoms with E-state index >= 15 is 0 Å². The van der Waals surface area contributed by atoms with Gasteiger partial charge in [0.2, 0.25) is 0 Å². The zero-order valence-electron chi connectivity index (χ0n) is 11.6. The van der Waals surface area contributed by atoms with E-state index in [1.807, 2.05) is 0 Å². The summed E-state index contributed by atoms with van der Waals surface area (Å²) in [6, 6.07) is 0. The summed E-state index contributed by atoms with van der Waals surface area (Å²) < 4.78 is 9.99. The highest BCUT2D eigenvalue weighted by atomic mass is 16.6. The van der Waals surface area contributed by atoms with Crippen molar-refractivity contribution in [1.82, 2.24) is 0 Å². The number of aliphatic hydroxyl groups excluding tert-OH is 2. The number of carbonyl (C=O) groups is 2. The van der Waals surface area contributed by atoms with Crippen molar-refractivity contribution >= 4 is 11.9 Å². The van der Waals surface area contributed by atoms with Gasteiger partial charge in [0.15, 0.2) is 0 Å². The molecule has 0 amide bonds. The summed E-state index contributed by atoms with van der Waals surface area (Å²) in [4.78, 5) is 22.9. The molecule has 0 bridgehead atoms. The molecule has 0 unspecified atom stereocenters. The number of hydrogen-bond donors (Lipinski definition) is 2. The van der Waals surface area contributed by atoms with E-state index < -0.39 is 30.3 Å². The minimum absolute atomic E-state index is 0.361. The average molecular weight is 284 g/mol. The predicted octanol–water partition coefficient (Wildman–Crippen LogP) is 0.478. The van der Waals surface area contributed by atoms with Crippen LogP contribution in [0.4, 0.5) is 0 Å². The maximum Gasteiger partial charge on any atom is 0.330 e. The van der Waals surface area contributed by atoms with Gasteiger partial charge in [-0.1, -0.05) is 0 Å². The highest BCUT2D eigenvalue weighted by Gasteiger charge is 2.17. The molecule has 6 heteroatoms. The average Bonchev–Trinajstić information content (AvgIpc) is 2.39. The SMILES string of the molecule is C[C@@H]1OC(=O)/C=C/[C@@H](O)CC[C@H](C)OC(=O)/C=C/[C@H]1O. The first kappa shape index (κ1) is 16.4. The lowest BCUT2D eigenvalue weighted by Crippen LogP contribution is -2.27. The second kappa shape index (κ2) is 7.81. The first-order chi connectivity index (χ1) is 9.38. The first-order valence-electron chi connectivity index (χ1n) is 6.52. The number of esters is 2. The van der Waals surface area contributed by atoms with Gasteiger partial charge in [0.05, 0.1) is 12.2 Å². The van der Waals surface area contributed by atoms with Crippen molar-refractivity contribution in [2.24, 2.45) is 0 Å². The van der Waals surface area contributed by atoms with Crippen LogP contribution in [0, 0.1) is 0 Å². The number of carbonyl (C=O) groups excluding carboxylic acids is 2. The van der Waals surface area contributed by atoms with E-state index in [0.29, 0.717) is 12.8 Å². The number of rotatable bonds is 0. The first-order valence-corrected chi connectivity index (χ1v) is 6.52. The van der Waals surface area contributed by atoms with Crippen molar-refractivity contribution in [1.29, 1.82) is 0 Å². The quantitative estimate of drug-likeness (QED) is 0.628. The molecule has 1 rings (SSSR count). The van der Waals surface area contributed by atoms with Gasteiger partial charge >= 0.3 is 11.9 Å². The third kappa shape index (κ3) is 5.99. The van der Waals surface area contributed by atoms with Crippen LogP contribution in [0.25, 0.3) is 0 Å². The van der Waals surface area contributed by atoms with Crippen LogP contribution >= 0.6 is 0 Å². The Morgan fingerprint density at radius 1 is 1.00 bits per heavy atom. The van der Waals surface area contributed by atoms with Gasteiger partial charge in [-0.3, -0.25) is 0 Å². The number of cyclic esters (lactones) is 2. The molecule has 0 radical (unpaired) electrons. The lowest BCUT2D eigenvalue weighted by molar-refractivity contribution is -0.146. The number of ether oxygens (including phenoxy) is 2. The number of aliphatic hydroxyl groups is 2. The van der Waals surface area contributed by atoms with Crippen LogP contribution in [-0.2, 0) is 19.1 Å². The topological polar surface area (TPSA) is 93.1 Å². The minimum Gasteiger partial charge on any atom is -0.460 e. The summed E-state index contributed by atoms with van der Waals surface area (Å²) in [5.74, 6) is -1.24. The lowest BCUT2D eigenvalue weighted by Gasteiger charge is -2.17. The van der Waals surface area contributed by atoms with Crippen LogP contribution in [0.5, 0.6) is 0 Å². The van der Waals surface area contributed by atoms with Gasteiger partial charge in [0, 0.05) is 12.2 Å². The molecule has 6 nitrogen and oxygen atoms in total. The highest BCUT2D eigenvalue weighted by Crippen LogP contribution is 2.09. The molecule has 20 heavy (non-hydrogen) atoms. The van der Waals surface area contributed by atoms with Crippen molar-refractivity contribution < 1.29 is 29.3 Å². The molecule has 2 N–H and O–H groups in total. The normalized spacial score (nSPS) is 36.4. The Balaban J connectivity index is 2.79. The van der Waals surface area contributed by atoms with Crippen molar-refractivity contribution in [3.63, 3.8) is 0 Å². The molecule has 0 saturated heterocycles. The molecule has 0 spiro atoms. The summed E-state index contributed by atoms with van der Waals surface area (Å²) in [7, 11) is 0. The maximum absolute atomic E-state index is 11.5. The summed E-state index contributed by atoms with van der Waals surface area (Å²) in [6.45, 7) is 3.21. The lowest BCUT2D eigenvalue weighted by atomic mass is 10.1. The Hall–Kier alpha value is -1.66. The Morgan fingerprint density at radius 3 is 2.30 bits per heavy atom. The van der Waals surface area contributed by atoms with Crippen LogP contribution in [0.3, 0.4) is 0 Å². The predicted molar refractivity (Wildman–Crippen MR) is 70.6 cm³/mol. The molecule has 0 aliphatic carbocycles. The van der Waals surface area contributed by atoms with Gasteiger partial charge in [0.1, 0.15) is 12.2 Å². The van der Waals surface area contributed by atoms with Gasteiger partial charge in [-0.15, -0.1) is 0 Å². The van der Waals surface area contributed by atoms with Gasteiger partial charge in [0.25, 0.3) is 0 Å². The molecule has 1 aliphatic heterocycles. The van der Waals surface area contributed by atoms with Crippen molar-refractivity contribution in [2.45, 2.75) is 51.1 Å². The van der Waals surface area contributed by atoms with Crippen molar-refractivity contribution in [2.75, 3.05) is 0 Å². The van der Waals surface area contributed by atoms with E-state index in [9.17, 15) is 19.8 Å². The third-order valence-electron chi connectivity index (χ3n) is 2.85. The molecular weight excluding hydrogens is 264 g/mol. The van der Waals surface area contributed by atoms with Crippen LogP contribution in [0.15, 0.2) is 24.3 Å². The molecule has 4 atom stereocenters. The molecule has 0 aromatic heterocycles. The highest BCUT2D eigenvalue weighted by molar-refractivity contribution is 5.83. The van der Waals surface area contributed by atoms with E-state index in [4.69, 9.17) is 9.47 Å². The van der Waals surface area contributed by atoms with E-state index in [1.165, 1.54) is 19.1 Å². The standard InChI is InChI=1S/C14H20O6/c1-9-3-4-11(15)5-7-14(18)20-10(2)12(16)6-8-13(17)19-9/h5-12,15-16H,3-4H2,1-2H3/b7-5+,8-6+/t9-,10-,11-,12+/m0/s1. The van der Waals surface area contributed by atoms with E-state index in [1.54, 1.807) is 6.92 Å². The van der Waals surface area contributed by atoms with Crippen LogP contribution in [0.2, 0.25) is 0 Å². The van der Waals surface area contributed by atoms with Crippen LogP contribution < -0.4 is 0 Å². The fourth-order valence-electron chi connectivity index (χ4n) is 1.61. The van der Waals surface area contributed by atoms with Crippen LogP contribution in [-0.4, -0.2) is 46.6 Å².